The fourth-order valence-corrected chi connectivity index (χ4v) is 3.91. The lowest BCUT2D eigenvalue weighted by atomic mass is 10.1. The van der Waals surface area contributed by atoms with E-state index >= 15 is 0 Å². The van der Waals surface area contributed by atoms with Gasteiger partial charge in [0.25, 0.3) is 10.0 Å². The normalized spacial score (nSPS) is 11.4. The van der Waals surface area contributed by atoms with Crippen molar-refractivity contribution in [3.05, 3.63) is 71.8 Å². The summed E-state index contributed by atoms with van der Waals surface area (Å²) in [6, 6.07) is 16.4. The molecule has 0 saturated heterocycles. The second-order valence-electron chi connectivity index (χ2n) is 5.38. The van der Waals surface area contributed by atoms with Crippen LogP contribution in [0.25, 0.3) is 10.8 Å². The molecule has 3 aromatic rings. The second kappa shape index (κ2) is 5.98. The SMILES string of the molecule is Cc1ccc(S(=O)(=O)Nc2ccccc2C(=O)O)c2ccccc12. The maximum Gasteiger partial charge on any atom is 0.337 e. The first kappa shape index (κ1) is 16.0. The topological polar surface area (TPSA) is 83.5 Å². The molecule has 0 aliphatic rings. The summed E-state index contributed by atoms with van der Waals surface area (Å²) in [6.07, 6.45) is 0. The molecule has 0 spiro atoms. The van der Waals surface area contributed by atoms with Crippen molar-refractivity contribution in [2.24, 2.45) is 0 Å². The molecule has 0 fully saturated rings. The Kier molecular flexibility index (Phi) is 3.99. The lowest BCUT2D eigenvalue weighted by Gasteiger charge is -2.13. The van der Waals surface area contributed by atoms with Crippen LogP contribution in [0.5, 0.6) is 0 Å². The first-order chi connectivity index (χ1) is 11.4. The van der Waals surface area contributed by atoms with Crippen molar-refractivity contribution in [2.75, 3.05) is 4.72 Å². The van der Waals surface area contributed by atoms with E-state index in [4.69, 9.17) is 0 Å². The second-order valence-corrected chi connectivity index (χ2v) is 7.03. The molecule has 0 atom stereocenters. The van der Waals surface area contributed by atoms with E-state index in [1.807, 2.05) is 19.1 Å². The molecule has 3 aromatic carbocycles. The van der Waals surface area contributed by atoms with Crippen LogP contribution in [-0.4, -0.2) is 19.5 Å². The molecule has 0 unspecified atom stereocenters. The molecule has 0 aliphatic heterocycles. The first-order valence-electron chi connectivity index (χ1n) is 7.23. The maximum atomic E-state index is 12.8. The third-order valence-corrected chi connectivity index (χ3v) is 5.22. The van der Waals surface area contributed by atoms with Gasteiger partial charge in [0.1, 0.15) is 0 Å². The summed E-state index contributed by atoms with van der Waals surface area (Å²) in [5.41, 5.74) is 0.905. The van der Waals surface area contributed by atoms with Gasteiger partial charge in [0.2, 0.25) is 0 Å². The summed E-state index contributed by atoms with van der Waals surface area (Å²) in [7, 11) is -3.93. The number of aryl methyl sites for hydroxylation is 1. The zero-order valence-corrected chi connectivity index (χ0v) is 13.7. The molecule has 0 aromatic heterocycles. The minimum Gasteiger partial charge on any atom is -0.478 e. The number of rotatable bonds is 4. The Bertz CT molecular complexity index is 1040. The third kappa shape index (κ3) is 2.83. The van der Waals surface area contributed by atoms with Crippen LogP contribution in [0.1, 0.15) is 15.9 Å². The van der Waals surface area contributed by atoms with Crippen LogP contribution >= 0.6 is 0 Å². The number of sulfonamides is 1. The van der Waals surface area contributed by atoms with Gasteiger partial charge >= 0.3 is 5.97 Å². The van der Waals surface area contributed by atoms with E-state index in [0.29, 0.717) is 5.39 Å². The summed E-state index contributed by atoms with van der Waals surface area (Å²) < 4.78 is 28.0. The molecule has 5 nitrogen and oxygen atoms in total. The van der Waals surface area contributed by atoms with E-state index in [1.165, 1.54) is 18.2 Å². The summed E-state index contributed by atoms with van der Waals surface area (Å²) in [5.74, 6) is -1.19. The molecule has 3 rings (SSSR count). The predicted molar refractivity (Wildman–Crippen MR) is 92.9 cm³/mol. The van der Waals surface area contributed by atoms with Gasteiger partial charge in [0.05, 0.1) is 16.1 Å². The minimum atomic E-state index is -3.93. The number of fused-ring (bicyclic) bond motifs is 1. The van der Waals surface area contributed by atoms with Gasteiger partial charge in [-0.2, -0.15) is 0 Å². The quantitative estimate of drug-likeness (QED) is 0.759. The smallest absolute Gasteiger partial charge is 0.337 e. The van der Waals surface area contributed by atoms with Crippen LogP contribution in [-0.2, 0) is 10.0 Å². The van der Waals surface area contributed by atoms with E-state index in [2.05, 4.69) is 4.72 Å². The number of anilines is 1. The third-order valence-electron chi connectivity index (χ3n) is 3.79. The number of hydrogen-bond acceptors (Lipinski definition) is 3. The van der Waals surface area contributed by atoms with E-state index in [9.17, 15) is 18.3 Å². The maximum absolute atomic E-state index is 12.8. The number of para-hydroxylation sites is 1. The van der Waals surface area contributed by atoms with E-state index in [0.717, 1.165) is 10.9 Å². The minimum absolute atomic E-state index is 0.0367. The van der Waals surface area contributed by atoms with Gasteiger partial charge in [-0.15, -0.1) is 0 Å². The van der Waals surface area contributed by atoms with E-state index < -0.39 is 16.0 Å². The molecule has 122 valence electrons. The van der Waals surface area contributed by atoms with Crippen LogP contribution in [0.3, 0.4) is 0 Å². The Balaban J connectivity index is 2.14. The number of carboxylic acid groups (broad SMARTS) is 1. The average molecular weight is 341 g/mol. The molecule has 0 heterocycles. The van der Waals surface area contributed by atoms with Gasteiger partial charge in [-0.3, -0.25) is 4.72 Å². The van der Waals surface area contributed by atoms with Gasteiger partial charge in [0.15, 0.2) is 0 Å². The summed E-state index contributed by atoms with van der Waals surface area (Å²) >= 11 is 0. The fourth-order valence-electron chi connectivity index (χ4n) is 2.61. The number of hydrogen-bond donors (Lipinski definition) is 2. The van der Waals surface area contributed by atoms with Crippen molar-refractivity contribution in [1.82, 2.24) is 0 Å². The Hall–Kier alpha value is -2.86. The number of carbonyl (C=O) groups is 1. The lowest BCUT2D eigenvalue weighted by molar-refractivity contribution is 0.0698. The lowest BCUT2D eigenvalue weighted by Crippen LogP contribution is -2.16. The molecule has 6 heteroatoms. The first-order valence-corrected chi connectivity index (χ1v) is 8.72. The molecule has 0 saturated carbocycles. The standard InChI is InChI=1S/C18H15NO4S/c1-12-10-11-17(14-7-3-2-6-13(12)14)24(22,23)19-16-9-5-4-8-15(16)18(20)21/h2-11,19H,1H3,(H,20,21). The van der Waals surface area contributed by atoms with E-state index in [1.54, 1.807) is 30.3 Å². The number of nitrogens with one attached hydrogen (secondary N) is 1. The van der Waals surface area contributed by atoms with Crippen LogP contribution in [0, 0.1) is 6.92 Å². The highest BCUT2D eigenvalue weighted by Gasteiger charge is 2.20. The van der Waals surface area contributed by atoms with Gasteiger partial charge in [-0.05, 0) is 36.1 Å². The zero-order chi connectivity index (χ0) is 17.3. The van der Waals surface area contributed by atoms with Crippen molar-refractivity contribution in [3.63, 3.8) is 0 Å². The Morgan fingerprint density at radius 2 is 1.54 bits per heavy atom. The predicted octanol–water partition coefficient (Wildman–Crippen LogP) is 3.65. The van der Waals surface area contributed by atoms with Crippen molar-refractivity contribution >= 4 is 32.5 Å². The van der Waals surface area contributed by atoms with Gasteiger partial charge in [-0.1, -0.05) is 42.5 Å². The van der Waals surface area contributed by atoms with Crippen molar-refractivity contribution in [3.8, 4) is 0 Å². The molecular formula is C18H15NO4S. The van der Waals surface area contributed by atoms with Crippen LogP contribution in [0.2, 0.25) is 0 Å². The van der Waals surface area contributed by atoms with Gasteiger partial charge in [0, 0.05) is 5.39 Å². The highest BCUT2D eigenvalue weighted by atomic mass is 32.2. The molecule has 2 N–H and O–H groups in total. The van der Waals surface area contributed by atoms with Crippen molar-refractivity contribution < 1.29 is 18.3 Å². The molecular weight excluding hydrogens is 326 g/mol. The highest BCUT2D eigenvalue weighted by Crippen LogP contribution is 2.28. The Morgan fingerprint density at radius 1 is 0.917 bits per heavy atom. The molecule has 0 amide bonds. The fraction of sp³-hybridized carbons (Fsp3) is 0.0556. The molecule has 0 bridgehead atoms. The summed E-state index contributed by atoms with van der Waals surface area (Å²) in [6.45, 7) is 1.91. The van der Waals surface area contributed by atoms with Crippen LogP contribution < -0.4 is 4.72 Å². The Labute approximate surface area is 139 Å². The van der Waals surface area contributed by atoms with E-state index in [-0.39, 0.29) is 16.1 Å². The average Bonchev–Trinajstić information content (AvgIpc) is 2.55. The number of aromatic carboxylic acids is 1. The van der Waals surface area contributed by atoms with Gasteiger partial charge < -0.3 is 5.11 Å². The molecule has 0 radical (unpaired) electrons. The van der Waals surface area contributed by atoms with Crippen molar-refractivity contribution in [2.45, 2.75) is 11.8 Å². The largest absolute Gasteiger partial charge is 0.478 e. The number of benzene rings is 3. The van der Waals surface area contributed by atoms with Crippen LogP contribution in [0.15, 0.2) is 65.6 Å². The van der Waals surface area contributed by atoms with Crippen molar-refractivity contribution in [1.29, 1.82) is 0 Å². The highest BCUT2D eigenvalue weighted by molar-refractivity contribution is 7.93. The molecule has 0 aliphatic carbocycles. The summed E-state index contributed by atoms with van der Waals surface area (Å²) in [5, 5.41) is 10.6. The van der Waals surface area contributed by atoms with Crippen LogP contribution in [0.4, 0.5) is 5.69 Å². The summed E-state index contributed by atoms with van der Waals surface area (Å²) in [4.78, 5) is 11.4. The molecule has 24 heavy (non-hydrogen) atoms. The zero-order valence-electron chi connectivity index (χ0n) is 12.9. The Morgan fingerprint density at radius 3 is 2.25 bits per heavy atom. The monoisotopic (exact) mass is 341 g/mol. The number of carboxylic acids is 1. The van der Waals surface area contributed by atoms with Gasteiger partial charge in [-0.25, -0.2) is 13.2 Å².